The minimum atomic E-state index is -0.132. The minimum Gasteiger partial charge on any atom is -0.486 e. The second-order valence-corrected chi connectivity index (χ2v) is 5.64. The number of anilines is 1. The Morgan fingerprint density at radius 1 is 1.17 bits per heavy atom. The zero-order chi connectivity index (χ0) is 17.1. The molecule has 0 aliphatic carbocycles. The molecule has 0 unspecified atom stereocenters. The lowest BCUT2D eigenvalue weighted by molar-refractivity contribution is 0.101. The van der Waals surface area contributed by atoms with Gasteiger partial charge in [-0.1, -0.05) is 0 Å². The Balaban J connectivity index is 1.61. The molecule has 0 aliphatic rings. The monoisotopic (exact) mass is 324 g/mol. The molecule has 0 aliphatic heterocycles. The molecule has 0 saturated carbocycles. The van der Waals surface area contributed by atoms with Crippen molar-refractivity contribution in [1.29, 1.82) is 0 Å². The zero-order valence-electron chi connectivity index (χ0n) is 14.0. The predicted molar refractivity (Wildman–Crippen MR) is 92.1 cm³/mol. The predicted octanol–water partition coefficient (Wildman–Crippen LogP) is 2.90. The van der Waals surface area contributed by atoms with Gasteiger partial charge < -0.3 is 19.2 Å². The van der Waals surface area contributed by atoms with Crippen LogP contribution in [0.15, 0.2) is 48.8 Å². The van der Waals surface area contributed by atoms with Crippen molar-refractivity contribution in [2.75, 3.05) is 5.32 Å². The number of hydrogen-bond acceptors (Lipinski definition) is 3. The molecule has 2 heterocycles. The van der Waals surface area contributed by atoms with Crippen molar-refractivity contribution in [1.82, 2.24) is 14.1 Å². The number of aryl methyl sites for hydroxylation is 2. The molecule has 0 bridgehead atoms. The van der Waals surface area contributed by atoms with Crippen LogP contribution in [0.2, 0.25) is 0 Å². The van der Waals surface area contributed by atoms with E-state index in [0.717, 1.165) is 23.0 Å². The van der Waals surface area contributed by atoms with Crippen molar-refractivity contribution in [3.05, 3.63) is 66.0 Å². The molecular weight excluding hydrogens is 304 g/mol. The summed E-state index contributed by atoms with van der Waals surface area (Å²) in [6, 6.07) is 11.0. The van der Waals surface area contributed by atoms with E-state index in [2.05, 4.69) is 10.3 Å². The number of carbonyl (C=O) groups is 1. The molecule has 6 nitrogen and oxygen atoms in total. The number of imidazole rings is 1. The SMILES string of the molecule is Cc1ccc(C(=O)Nc2ccc(OCc3nccn3C)cc2)n1C. The average molecular weight is 324 g/mol. The third-order valence-corrected chi connectivity index (χ3v) is 4.01. The van der Waals surface area contributed by atoms with Crippen molar-refractivity contribution in [2.45, 2.75) is 13.5 Å². The summed E-state index contributed by atoms with van der Waals surface area (Å²) in [6.07, 6.45) is 3.62. The van der Waals surface area contributed by atoms with Crippen LogP contribution in [0.5, 0.6) is 5.75 Å². The van der Waals surface area contributed by atoms with E-state index < -0.39 is 0 Å². The summed E-state index contributed by atoms with van der Waals surface area (Å²) < 4.78 is 9.47. The molecule has 24 heavy (non-hydrogen) atoms. The van der Waals surface area contributed by atoms with Crippen LogP contribution >= 0.6 is 0 Å². The van der Waals surface area contributed by atoms with Gasteiger partial charge in [0.25, 0.3) is 5.91 Å². The van der Waals surface area contributed by atoms with Crippen LogP contribution in [-0.4, -0.2) is 20.0 Å². The van der Waals surface area contributed by atoms with Crippen LogP contribution in [0.3, 0.4) is 0 Å². The van der Waals surface area contributed by atoms with E-state index in [1.54, 1.807) is 6.20 Å². The van der Waals surface area contributed by atoms with E-state index in [0.29, 0.717) is 12.3 Å². The van der Waals surface area contributed by atoms with Gasteiger partial charge in [0.05, 0.1) is 0 Å². The first-order valence-electron chi connectivity index (χ1n) is 7.67. The standard InChI is InChI=1S/C18H20N4O2/c1-13-4-9-16(22(13)3)18(23)20-14-5-7-15(8-6-14)24-12-17-19-10-11-21(17)2/h4-11H,12H2,1-3H3,(H,20,23). The largest absolute Gasteiger partial charge is 0.486 e. The van der Waals surface area contributed by atoms with E-state index >= 15 is 0 Å². The van der Waals surface area contributed by atoms with Gasteiger partial charge in [0, 0.05) is 37.9 Å². The Hall–Kier alpha value is -3.02. The summed E-state index contributed by atoms with van der Waals surface area (Å²) in [7, 11) is 3.80. The van der Waals surface area contributed by atoms with Crippen molar-refractivity contribution in [2.24, 2.45) is 14.1 Å². The van der Waals surface area contributed by atoms with Crippen molar-refractivity contribution < 1.29 is 9.53 Å². The second kappa shape index (κ2) is 6.62. The van der Waals surface area contributed by atoms with Crippen LogP contribution < -0.4 is 10.1 Å². The molecule has 2 aromatic heterocycles. The van der Waals surface area contributed by atoms with Gasteiger partial charge in [-0.2, -0.15) is 0 Å². The molecule has 0 fully saturated rings. The highest BCUT2D eigenvalue weighted by Gasteiger charge is 2.11. The number of rotatable bonds is 5. The number of benzene rings is 1. The molecule has 1 N–H and O–H groups in total. The fourth-order valence-corrected chi connectivity index (χ4v) is 2.35. The third-order valence-electron chi connectivity index (χ3n) is 4.01. The third kappa shape index (κ3) is 3.32. The number of nitrogens with zero attached hydrogens (tertiary/aromatic N) is 3. The van der Waals surface area contributed by atoms with E-state index in [4.69, 9.17) is 4.74 Å². The summed E-state index contributed by atoms with van der Waals surface area (Å²) in [6.45, 7) is 2.36. The smallest absolute Gasteiger partial charge is 0.272 e. The summed E-state index contributed by atoms with van der Waals surface area (Å²) in [5.74, 6) is 1.45. The topological polar surface area (TPSA) is 61.1 Å². The molecule has 3 rings (SSSR count). The lowest BCUT2D eigenvalue weighted by Crippen LogP contribution is -2.15. The van der Waals surface area contributed by atoms with Gasteiger partial charge in [-0.25, -0.2) is 4.98 Å². The van der Waals surface area contributed by atoms with Gasteiger partial charge in [0.2, 0.25) is 0 Å². The first kappa shape index (κ1) is 15.9. The van der Waals surface area contributed by atoms with Gasteiger partial charge in [0.1, 0.15) is 23.9 Å². The van der Waals surface area contributed by atoms with Crippen molar-refractivity contribution >= 4 is 11.6 Å². The maximum atomic E-state index is 12.3. The summed E-state index contributed by atoms with van der Waals surface area (Å²) in [5, 5.41) is 2.89. The molecule has 6 heteroatoms. The normalized spacial score (nSPS) is 10.6. The van der Waals surface area contributed by atoms with Crippen LogP contribution in [-0.2, 0) is 20.7 Å². The van der Waals surface area contributed by atoms with Crippen molar-refractivity contribution in [3.63, 3.8) is 0 Å². The number of carbonyl (C=O) groups excluding carboxylic acids is 1. The zero-order valence-corrected chi connectivity index (χ0v) is 14.0. The summed E-state index contributed by atoms with van der Waals surface area (Å²) in [5.41, 5.74) is 2.39. The summed E-state index contributed by atoms with van der Waals surface area (Å²) in [4.78, 5) is 16.5. The molecule has 1 aromatic carbocycles. The molecule has 0 atom stereocenters. The molecule has 0 radical (unpaired) electrons. The van der Waals surface area contributed by atoms with Crippen LogP contribution in [0.1, 0.15) is 22.0 Å². The maximum Gasteiger partial charge on any atom is 0.272 e. The lowest BCUT2D eigenvalue weighted by atomic mass is 10.3. The van der Waals surface area contributed by atoms with Gasteiger partial charge >= 0.3 is 0 Å². The molecule has 3 aromatic rings. The highest BCUT2D eigenvalue weighted by molar-refractivity contribution is 6.03. The van der Waals surface area contributed by atoms with Gasteiger partial charge in [-0.15, -0.1) is 0 Å². The number of hydrogen-bond donors (Lipinski definition) is 1. The average Bonchev–Trinajstić information content (AvgIpc) is 3.13. The molecular formula is C18H20N4O2. The fraction of sp³-hybridized carbons (Fsp3) is 0.222. The van der Waals surface area contributed by atoms with E-state index in [-0.39, 0.29) is 5.91 Å². The van der Waals surface area contributed by atoms with Gasteiger partial charge in [-0.3, -0.25) is 4.79 Å². The van der Waals surface area contributed by atoms with E-state index in [1.807, 2.05) is 72.7 Å². The van der Waals surface area contributed by atoms with E-state index in [9.17, 15) is 4.79 Å². The maximum absolute atomic E-state index is 12.3. The Bertz CT molecular complexity index is 846. The highest BCUT2D eigenvalue weighted by Crippen LogP contribution is 2.18. The first-order chi connectivity index (χ1) is 11.5. The van der Waals surface area contributed by atoms with Gasteiger partial charge in [-0.05, 0) is 43.3 Å². The number of nitrogens with one attached hydrogen (secondary N) is 1. The molecule has 0 saturated heterocycles. The Morgan fingerprint density at radius 3 is 2.50 bits per heavy atom. The van der Waals surface area contributed by atoms with Crippen LogP contribution in [0, 0.1) is 6.92 Å². The summed E-state index contributed by atoms with van der Waals surface area (Å²) >= 11 is 0. The van der Waals surface area contributed by atoms with Gasteiger partial charge in [0.15, 0.2) is 0 Å². The van der Waals surface area contributed by atoms with Crippen LogP contribution in [0.4, 0.5) is 5.69 Å². The Morgan fingerprint density at radius 2 is 1.92 bits per heavy atom. The molecule has 1 amide bonds. The molecule has 0 spiro atoms. The van der Waals surface area contributed by atoms with E-state index in [1.165, 1.54) is 0 Å². The second-order valence-electron chi connectivity index (χ2n) is 5.64. The minimum absolute atomic E-state index is 0.132. The van der Waals surface area contributed by atoms with Crippen molar-refractivity contribution in [3.8, 4) is 5.75 Å². The fourth-order valence-electron chi connectivity index (χ4n) is 2.35. The van der Waals surface area contributed by atoms with Crippen LogP contribution in [0.25, 0.3) is 0 Å². The molecule has 124 valence electrons. The Labute approximate surface area is 140 Å². The highest BCUT2D eigenvalue weighted by atomic mass is 16.5. The number of ether oxygens (including phenoxy) is 1. The quantitative estimate of drug-likeness (QED) is 0.785. The number of amides is 1. The first-order valence-corrected chi connectivity index (χ1v) is 7.67. The number of aromatic nitrogens is 3. The lowest BCUT2D eigenvalue weighted by Gasteiger charge is -2.09. The Kier molecular flexibility index (Phi) is 4.37.